The van der Waals surface area contributed by atoms with E-state index in [1.54, 1.807) is 11.3 Å². The summed E-state index contributed by atoms with van der Waals surface area (Å²) in [5, 5.41) is 2.17. The summed E-state index contributed by atoms with van der Waals surface area (Å²) < 4.78 is 0. The molecule has 0 aliphatic rings. The van der Waals surface area contributed by atoms with Gasteiger partial charge in [-0.05, 0) is 41.6 Å². The monoisotopic (exact) mass is 206 g/mol. The zero-order chi connectivity index (χ0) is 9.26. The third-order valence-corrected chi connectivity index (χ3v) is 3.28. The van der Waals surface area contributed by atoms with Crippen molar-refractivity contribution in [1.29, 1.82) is 0 Å². The van der Waals surface area contributed by atoms with Gasteiger partial charge < -0.3 is 0 Å². The van der Waals surface area contributed by atoms with Crippen LogP contribution in [0.15, 0.2) is 40.6 Å². The van der Waals surface area contributed by atoms with E-state index >= 15 is 0 Å². The van der Waals surface area contributed by atoms with Crippen molar-refractivity contribution in [3.8, 4) is 10.4 Å². The number of hydrogen-bond donors (Lipinski definition) is 1. The molecule has 0 aliphatic carbocycles. The van der Waals surface area contributed by atoms with Crippen molar-refractivity contribution in [3.05, 3.63) is 41.3 Å². The molecule has 0 aliphatic heterocycles. The van der Waals surface area contributed by atoms with E-state index in [-0.39, 0.29) is 0 Å². The Hall–Kier alpha value is -0.730. The van der Waals surface area contributed by atoms with Gasteiger partial charge in [-0.1, -0.05) is 12.1 Å². The number of thiophene rings is 1. The molecule has 0 unspecified atom stereocenters. The highest BCUT2D eigenvalue weighted by molar-refractivity contribution is 7.80. The van der Waals surface area contributed by atoms with Gasteiger partial charge in [-0.3, -0.25) is 0 Å². The van der Waals surface area contributed by atoms with Gasteiger partial charge in [0.1, 0.15) is 0 Å². The first-order chi connectivity index (χ1) is 6.25. The number of benzene rings is 1. The van der Waals surface area contributed by atoms with E-state index in [0.29, 0.717) is 0 Å². The fourth-order valence-electron chi connectivity index (χ4n) is 1.21. The molecule has 0 saturated heterocycles. The van der Waals surface area contributed by atoms with Crippen LogP contribution in [0.25, 0.3) is 10.4 Å². The van der Waals surface area contributed by atoms with Crippen LogP contribution in [-0.4, -0.2) is 0 Å². The smallest absolute Gasteiger partial charge is 0.0345 e. The zero-order valence-electron chi connectivity index (χ0n) is 7.32. The first kappa shape index (κ1) is 8.85. The number of aryl methyl sites for hydroxylation is 1. The van der Waals surface area contributed by atoms with Crippen LogP contribution in [0.3, 0.4) is 0 Å². The Labute approximate surface area is 87.6 Å². The Morgan fingerprint density at radius 1 is 1.15 bits per heavy atom. The molecule has 0 N–H and O–H groups in total. The zero-order valence-corrected chi connectivity index (χ0v) is 9.03. The number of thiol groups is 1. The Balaban J connectivity index is 2.41. The van der Waals surface area contributed by atoms with E-state index < -0.39 is 0 Å². The van der Waals surface area contributed by atoms with Crippen molar-refractivity contribution in [1.82, 2.24) is 0 Å². The molecular formula is C11H10S2. The van der Waals surface area contributed by atoms with Gasteiger partial charge in [-0.2, -0.15) is 0 Å². The third kappa shape index (κ3) is 1.95. The number of rotatable bonds is 1. The van der Waals surface area contributed by atoms with Gasteiger partial charge in [-0.25, -0.2) is 0 Å². The lowest BCUT2D eigenvalue weighted by Crippen LogP contribution is -1.71. The predicted molar refractivity (Wildman–Crippen MR) is 61.7 cm³/mol. The van der Waals surface area contributed by atoms with Crippen molar-refractivity contribution >= 4 is 24.0 Å². The van der Waals surface area contributed by atoms with Crippen molar-refractivity contribution in [3.63, 3.8) is 0 Å². The Morgan fingerprint density at radius 3 is 2.38 bits per heavy atom. The van der Waals surface area contributed by atoms with Gasteiger partial charge >= 0.3 is 0 Å². The molecule has 0 radical (unpaired) electrons. The fraction of sp³-hybridized carbons (Fsp3) is 0.0909. The molecule has 66 valence electrons. The van der Waals surface area contributed by atoms with E-state index in [9.17, 15) is 0 Å². The lowest BCUT2D eigenvalue weighted by molar-refractivity contribution is 1.48. The summed E-state index contributed by atoms with van der Waals surface area (Å²) in [6, 6.07) is 10.5. The van der Waals surface area contributed by atoms with Crippen LogP contribution in [0.1, 0.15) is 5.56 Å². The Morgan fingerprint density at radius 2 is 1.85 bits per heavy atom. The molecule has 2 rings (SSSR count). The Bertz CT molecular complexity index is 398. The maximum atomic E-state index is 4.25. The first-order valence-corrected chi connectivity index (χ1v) is 5.43. The van der Waals surface area contributed by atoms with Crippen LogP contribution in [0.2, 0.25) is 0 Å². The van der Waals surface area contributed by atoms with E-state index in [4.69, 9.17) is 0 Å². The van der Waals surface area contributed by atoms with Crippen LogP contribution in [0, 0.1) is 6.92 Å². The summed E-state index contributed by atoms with van der Waals surface area (Å²) in [4.78, 5) is 2.34. The summed E-state index contributed by atoms with van der Waals surface area (Å²) in [7, 11) is 0. The van der Waals surface area contributed by atoms with Crippen molar-refractivity contribution < 1.29 is 0 Å². The molecule has 0 nitrogen and oxygen atoms in total. The van der Waals surface area contributed by atoms with Crippen LogP contribution in [0.5, 0.6) is 0 Å². The van der Waals surface area contributed by atoms with E-state index in [1.165, 1.54) is 16.0 Å². The lowest BCUT2D eigenvalue weighted by Gasteiger charge is -1.96. The maximum absolute atomic E-state index is 4.25. The van der Waals surface area contributed by atoms with Gasteiger partial charge in [0, 0.05) is 9.77 Å². The first-order valence-electron chi connectivity index (χ1n) is 4.10. The minimum Gasteiger partial charge on any atom is -0.144 e. The van der Waals surface area contributed by atoms with Crippen LogP contribution in [0.4, 0.5) is 0 Å². The van der Waals surface area contributed by atoms with Crippen molar-refractivity contribution in [2.24, 2.45) is 0 Å². The van der Waals surface area contributed by atoms with Crippen LogP contribution < -0.4 is 0 Å². The average molecular weight is 206 g/mol. The highest BCUT2D eigenvalue weighted by Gasteiger charge is 1.98. The number of hydrogen-bond acceptors (Lipinski definition) is 2. The molecule has 0 saturated carbocycles. The quantitative estimate of drug-likeness (QED) is 0.670. The average Bonchev–Trinajstić information content (AvgIpc) is 2.53. The molecule has 2 aromatic rings. The van der Waals surface area contributed by atoms with Gasteiger partial charge in [-0.15, -0.1) is 24.0 Å². The highest BCUT2D eigenvalue weighted by Crippen LogP contribution is 2.27. The van der Waals surface area contributed by atoms with Crippen molar-refractivity contribution in [2.45, 2.75) is 11.8 Å². The SMILES string of the molecule is Cc1csc(-c2ccc(S)cc2)c1. The molecule has 1 aromatic heterocycles. The van der Waals surface area contributed by atoms with E-state index in [2.05, 4.69) is 43.1 Å². The summed E-state index contributed by atoms with van der Waals surface area (Å²) in [5.41, 5.74) is 2.60. The molecule has 0 amide bonds. The molecule has 1 heterocycles. The van der Waals surface area contributed by atoms with Gasteiger partial charge in [0.25, 0.3) is 0 Å². The molecule has 0 spiro atoms. The van der Waals surface area contributed by atoms with Crippen LogP contribution in [-0.2, 0) is 0 Å². The second-order valence-corrected chi connectivity index (χ2v) is 4.46. The Kier molecular flexibility index (Phi) is 2.42. The topological polar surface area (TPSA) is 0 Å². The van der Waals surface area contributed by atoms with Gasteiger partial charge in [0.2, 0.25) is 0 Å². The predicted octanol–water partition coefficient (Wildman–Crippen LogP) is 4.01. The highest BCUT2D eigenvalue weighted by atomic mass is 32.1. The summed E-state index contributed by atoms with van der Waals surface area (Å²) in [5.74, 6) is 0. The molecular weight excluding hydrogens is 196 g/mol. The molecule has 1 aromatic carbocycles. The fourth-order valence-corrected chi connectivity index (χ4v) is 2.26. The van der Waals surface area contributed by atoms with E-state index in [1.807, 2.05) is 12.1 Å². The molecule has 0 bridgehead atoms. The largest absolute Gasteiger partial charge is 0.144 e. The summed E-state index contributed by atoms with van der Waals surface area (Å²) >= 11 is 6.04. The molecule has 13 heavy (non-hydrogen) atoms. The van der Waals surface area contributed by atoms with Gasteiger partial charge in [0.15, 0.2) is 0 Å². The second-order valence-electron chi connectivity index (χ2n) is 3.04. The van der Waals surface area contributed by atoms with Gasteiger partial charge in [0.05, 0.1) is 0 Å². The summed E-state index contributed by atoms with van der Waals surface area (Å²) in [6.45, 7) is 2.12. The second kappa shape index (κ2) is 3.56. The molecule has 2 heteroatoms. The standard InChI is InChI=1S/C11H10S2/c1-8-6-11(13-7-8)9-2-4-10(12)5-3-9/h2-7,12H,1H3. The summed E-state index contributed by atoms with van der Waals surface area (Å²) in [6.07, 6.45) is 0. The minimum atomic E-state index is 1.01. The molecule has 0 atom stereocenters. The van der Waals surface area contributed by atoms with Crippen molar-refractivity contribution in [2.75, 3.05) is 0 Å². The minimum absolute atomic E-state index is 1.01. The normalized spacial score (nSPS) is 10.3. The maximum Gasteiger partial charge on any atom is 0.0345 e. The third-order valence-electron chi connectivity index (χ3n) is 1.88. The molecule has 0 fully saturated rings. The van der Waals surface area contributed by atoms with Crippen LogP contribution >= 0.6 is 24.0 Å². The van der Waals surface area contributed by atoms with E-state index in [0.717, 1.165) is 4.90 Å². The lowest BCUT2D eigenvalue weighted by atomic mass is 10.2.